The summed E-state index contributed by atoms with van der Waals surface area (Å²) in [6.07, 6.45) is 4.98. The lowest BCUT2D eigenvalue weighted by molar-refractivity contribution is 0.0674. The van der Waals surface area contributed by atoms with Crippen molar-refractivity contribution < 1.29 is 23.1 Å². The molecule has 4 rings (SSSR count). The Labute approximate surface area is 224 Å². The van der Waals surface area contributed by atoms with E-state index in [1.54, 1.807) is 7.05 Å². The summed E-state index contributed by atoms with van der Waals surface area (Å²) < 4.78 is 34.6. The number of halogens is 2. The molecule has 8 nitrogen and oxygen atoms in total. The number of benzene rings is 2. The number of rotatable bonds is 6. The summed E-state index contributed by atoms with van der Waals surface area (Å²) >= 11 is 0. The van der Waals surface area contributed by atoms with E-state index in [0.717, 1.165) is 11.6 Å². The Bertz CT molecular complexity index is 1480. The SMILES string of the molecule is C[C@H]1/C=C\C(C)(C)N(C)C(=O)c2c(OCc3ccccc3)c(=O)c(C(=O)NCc3ccc(F)cc3F)cn2N1. The topological polar surface area (TPSA) is 92.7 Å². The van der Waals surface area contributed by atoms with Crippen LogP contribution in [0, 0.1) is 11.6 Å². The van der Waals surface area contributed by atoms with Gasteiger partial charge in [0.05, 0.1) is 11.6 Å². The van der Waals surface area contributed by atoms with Crippen molar-refractivity contribution in [1.82, 2.24) is 14.9 Å². The zero-order valence-corrected chi connectivity index (χ0v) is 22.1. The maximum Gasteiger partial charge on any atom is 0.276 e. The summed E-state index contributed by atoms with van der Waals surface area (Å²) in [4.78, 5) is 42.1. The van der Waals surface area contributed by atoms with Crippen molar-refractivity contribution in [2.75, 3.05) is 12.5 Å². The van der Waals surface area contributed by atoms with Crippen LogP contribution < -0.4 is 20.9 Å². The lowest BCUT2D eigenvalue weighted by Gasteiger charge is -2.33. The van der Waals surface area contributed by atoms with Crippen LogP contribution in [0.2, 0.25) is 0 Å². The number of aromatic nitrogens is 1. The molecule has 1 atom stereocenters. The van der Waals surface area contributed by atoms with Gasteiger partial charge in [-0.2, -0.15) is 0 Å². The van der Waals surface area contributed by atoms with E-state index in [-0.39, 0.29) is 41.8 Å². The fraction of sp³-hybridized carbons (Fsp3) is 0.276. The summed E-state index contributed by atoms with van der Waals surface area (Å²) in [6, 6.07) is 11.8. The molecule has 3 aromatic rings. The first-order valence-electron chi connectivity index (χ1n) is 12.4. The smallest absolute Gasteiger partial charge is 0.276 e. The fourth-order valence-electron chi connectivity index (χ4n) is 4.03. The molecule has 10 heteroatoms. The summed E-state index contributed by atoms with van der Waals surface area (Å²) in [6.45, 7) is 5.27. The zero-order valence-electron chi connectivity index (χ0n) is 22.1. The second-order valence-electron chi connectivity index (χ2n) is 9.91. The number of nitrogens with one attached hydrogen (secondary N) is 2. The monoisotopic (exact) mass is 536 g/mol. The summed E-state index contributed by atoms with van der Waals surface area (Å²) in [7, 11) is 1.62. The number of likely N-dealkylation sites (N-methyl/N-ethyl adjacent to an activating group) is 1. The Morgan fingerprint density at radius 2 is 1.85 bits per heavy atom. The lowest BCUT2D eigenvalue weighted by Crippen LogP contribution is -2.45. The molecule has 2 N–H and O–H groups in total. The molecule has 0 aliphatic carbocycles. The van der Waals surface area contributed by atoms with E-state index in [9.17, 15) is 23.2 Å². The largest absolute Gasteiger partial charge is 0.482 e. The molecular formula is C29H30F2N4O4. The summed E-state index contributed by atoms with van der Waals surface area (Å²) in [5.41, 5.74) is 2.05. The van der Waals surface area contributed by atoms with E-state index in [0.29, 0.717) is 6.07 Å². The number of carbonyl (C=O) groups is 2. The minimum Gasteiger partial charge on any atom is -0.482 e. The third kappa shape index (κ3) is 6.00. The van der Waals surface area contributed by atoms with Gasteiger partial charge in [-0.3, -0.25) is 19.1 Å². The van der Waals surface area contributed by atoms with Crippen LogP contribution >= 0.6 is 0 Å². The van der Waals surface area contributed by atoms with E-state index in [4.69, 9.17) is 4.74 Å². The van der Waals surface area contributed by atoms with Crippen molar-refractivity contribution in [2.45, 2.75) is 45.5 Å². The van der Waals surface area contributed by atoms with E-state index in [2.05, 4.69) is 10.7 Å². The van der Waals surface area contributed by atoms with Gasteiger partial charge in [-0.25, -0.2) is 8.78 Å². The second kappa shape index (κ2) is 11.1. The maximum absolute atomic E-state index is 14.1. The maximum atomic E-state index is 14.1. The van der Waals surface area contributed by atoms with Gasteiger partial charge in [0.15, 0.2) is 11.4 Å². The normalized spacial score (nSPS) is 17.2. The molecule has 0 bridgehead atoms. The number of fused-ring (bicyclic) bond motifs is 1. The average molecular weight is 537 g/mol. The van der Waals surface area contributed by atoms with Crippen molar-refractivity contribution in [1.29, 1.82) is 0 Å². The molecule has 1 aromatic heterocycles. The van der Waals surface area contributed by atoms with E-state index >= 15 is 0 Å². The number of ether oxygens (including phenoxy) is 1. The fourth-order valence-corrected chi connectivity index (χ4v) is 4.03. The molecule has 0 saturated carbocycles. The van der Waals surface area contributed by atoms with Crippen LogP contribution in [-0.2, 0) is 13.2 Å². The first-order valence-corrected chi connectivity index (χ1v) is 12.4. The van der Waals surface area contributed by atoms with Gasteiger partial charge in [0, 0.05) is 31.4 Å². The highest BCUT2D eigenvalue weighted by atomic mass is 19.1. The summed E-state index contributed by atoms with van der Waals surface area (Å²) in [5, 5.41) is 2.50. The first kappa shape index (κ1) is 27.6. The number of amides is 2. The standard InChI is InChI=1S/C29H30F2N4O4/c1-18-12-13-29(2,3)34(4)28(38)24-26(39-17-19-8-6-5-7-9-19)25(36)22(16-35(24)33-18)27(37)32-15-20-10-11-21(30)14-23(20)31/h5-14,16,18,33H,15,17H2,1-4H3,(H,32,37)/b13-12-/t18-/m0/s1. The van der Waals surface area contributed by atoms with Crippen LogP contribution in [0.1, 0.15) is 52.7 Å². The molecule has 1 aliphatic rings. The predicted octanol–water partition coefficient (Wildman–Crippen LogP) is 3.99. The second-order valence-corrected chi connectivity index (χ2v) is 9.91. The Balaban J connectivity index is 1.79. The third-order valence-corrected chi connectivity index (χ3v) is 6.60. The molecule has 0 radical (unpaired) electrons. The average Bonchev–Trinajstić information content (AvgIpc) is 2.93. The van der Waals surface area contributed by atoms with Gasteiger partial charge in [-0.15, -0.1) is 0 Å². The molecule has 0 unspecified atom stereocenters. The Morgan fingerprint density at radius 1 is 1.13 bits per heavy atom. The molecule has 2 aromatic carbocycles. The Hall–Kier alpha value is -4.47. The van der Waals surface area contributed by atoms with Crippen molar-refractivity contribution in [3.05, 3.63) is 111 Å². The summed E-state index contributed by atoms with van der Waals surface area (Å²) in [5.74, 6) is -3.17. The van der Waals surface area contributed by atoms with Crippen LogP contribution in [0.4, 0.5) is 8.78 Å². The minimum absolute atomic E-state index is 0.0247. The lowest BCUT2D eigenvalue weighted by atomic mass is 10.0. The molecule has 1 aliphatic heterocycles. The molecule has 2 amide bonds. The van der Waals surface area contributed by atoms with Crippen LogP contribution in [0.15, 0.2) is 71.7 Å². The molecule has 0 spiro atoms. The molecule has 2 heterocycles. The third-order valence-electron chi connectivity index (χ3n) is 6.60. The molecule has 204 valence electrons. The van der Waals surface area contributed by atoms with E-state index < -0.39 is 34.4 Å². The molecule has 39 heavy (non-hydrogen) atoms. The Morgan fingerprint density at radius 3 is 2.54 bits per heavy atom. The van der Waals surface area contributed by atoms with Gasteiger partial charge >= 0.3 is 0 Å². The van der Waals surface area contributed by atoms with E-state index in [1.807, 2.05) is 63.3 Å². The van der Waals surface area contributed by atoms with Gasteiger partial charge in [0.1, 0.15) is 23.8 Å². The van der Waals surface area contributed by atoms with E-state index in [1.165, 1.54) is 21.8 Å². The van der Waals surface area contributed by atoms with Crippen molar-refractivity contribution in [2.24, 2.45) is 0 Å². The van der Waals surface area contributed by atoms with Gasteiger partial charge in [-0.1, -0.05) is 48.6 Å². The number of nitrogens with zero attached hydrogens (tertiary/aromatic N) is 2. The number of hydrogen-bond donors (Lipinski definition) is 2. The van der Waals surface area contributed by atoms with Crippen LogP contribution in [0.25, 0.3) is 0 Å². The highest BCUT2D eigenvalue weighted by Crippen LogP contribution is 2.25. The number of carbonyl (C=O) groups excluding carboxylic acids is 2. The van der Waals surface area contributed by atoms with Crippen molar-refractivity contribution in [3.63, 3.8) is 0 Å². The number of pyridine rings is 1. The molecular weight excluding hydrogens is 506 g/mol. The zero-order chi connectivity index (χ0) is 28.3. The van der Waals surface area contributed by atoms with Gasteiger partial charge in [0.25, 0.3) is 11.8 Å². The van der Waals surface area contributed by atoms with Gasteiger partial charge in [-0.05, 0) is 32.4 Å². The minimum atomic E-state index is -0.827. The predicted molar refractivity (Wildman–Crippen MR) is 143 cm³/mol. The van der Waals surface area contributed by atoms with Gasteiger partial charge in [0.2, 0.25) is 5.43 Å². The Kier molecular flexibility index (Phi) is 7.85. The first-order chi connectivity index (χ1) is 18.5. The van der Waals surface area contributed by atoms with Crippen LogP contribution in [-0.4, -0.2) is 40.0 Å². The van der Waals surface area contributed by atoms with Crippen molar-refractivity contribution in [3.8, 4) is 5.75 Å². The highest BCUT2D eigenvalue weighted by molar-refractivity contribution is 5.99. The quantitative estimate of drug-likeness (QED) is 0.465. The molecule has 0 saturated heterocycles. The van der Waals surface area contributed by atoms with Gasteiger partial charge < -0.3 is 20.4 Å². The number of hydrogen-bond acceptors (Lipinski definition) is 5. The van der Waals surface area contributed by atoms with Crippen molar-refractivity contribution >= 4 is 11.8 Å². The van der Waals surface area contributed by atoms with Crippen LogP contribution in [0.5, 0.6) is 5.75 Å². The van der Waals surface area contributed by atoms with Crippen LogP contribution in [0.3, 0.4) is 0 Å². The molecule has 0 fully saturated rings. The highest BCUT2D eigenvalue weighted by Gasteiger charge is 2.34.